The standard InChI is InChI=1S/C20H26O8S2/c1-16-7-3-5-9-18(16)29(23,24)20(22,15-28-14-13-27-12-11-21)30(25,26)19-10-6-4-8-17(19)2/h3-10,21-22H,11-15H2,1-2H3. The maximum absolute atomic E-state index is 13.4. The van der Waals surface area contributed by atoms with E-state index in [1.165, 1.54) is 50.2 Å². The average molecular weight is 459 g/mol. The van der Waals surface area contributed by atoms with Crippen molar-refractivity contribution in [3.05, 3.63) is 59.7 Å². The lowest BCUT2D eigenvalue weighted by Gasteiger charge is -2.28. The number of benzene rings is 2. The number of aliphatic hydroxyl groups is 2. The van der Waals surface area contributed by atoms with Crippen LogP contribution in [0.25, 0.3) is 0 Å². The molecule has 0 unspecified atom stereocenters. The number of aryl methyl sites for hydroxylation is 2. The van der Waals surface area contributed by atoms with Gasteiger partial charge in [0.2, 0.25) is 19.7 Å². The van der Waals surface area contributed by atoms with E-state index in [0.717, 1.165) is 0 Å². The van der Waals surface area contributed by atoms with E-state index in [1.807, 2.05) is 0 Å². The van der Waals surface area contributed by atoms with Crippen molar-refractivity contribution in [1.82, 2.24) is 0 Å². The summed E-state index contributed by atoms with van der Waals surface area (Å²) in [4.78, 5) is -0.602. The van der Waals surface area contributed by atoms with E-state index in [1.54, 1.807) is 12.1 Å². The normalized spacial score (nSPS) is 12.8. The molecule has 8 nitrogen and oxygen atoms in total. The highest BCUT2D eigenvalue weighted by atomic mass is 32.3. The van der Waals surface area contributed by atoms with Crippen molar-refractivity contribution in [2.45, 2.75) is 27.9 Å². The molecule has 2 rings (SSSR count). The van der Waals surface area contributed by atoms with Crippen molar-refractivity contribution in [3.8, 4) is 0 Å². The Hall–Kier alpha value is -1.82. The zero-order valence-corrected chi connectivity index (χ0v) is 18.4. The Morgan fingerprint density at radius 1 is 0.767 bits per heavy atom. The predicted octanol–water partition coefficient (Wildman–Crippen LogP) is 1.22. The lowest BCUT2D eigenvalue weighted by molar-refractivity contribution is 0.00582. The Morgan fingerprint density at radius 3 is 1.63 bits per heavy atom. The number of hydrogen-bond donors (Lipinski definition) is 2. The zero-order chi connectivity index (χ0) is 22.4. The Bertz CT molecular complexity index is 986. The number of sulfone groups is 2. The molecule has 30 heavy (non-hydrogen) atoms. The first-order valence-corrected chi connectivity index (χ1v) is 12.2. The van der Waals surface area contributed by atoms with Crippen LogP contribution in [-0.4, -0.2) is 64.3 Å². The topological polar surface area (TPSA) is 127 Å². The molecule has 0 radical (unpaired) electrons. The van der Waals surface area contributed by atoms with Gasteiger partial charge in [0.05, 0.1) is 36.2 Å². The lowest BCUT2D eigenvalue weighted by Crippen LogP contribution is -2.50. The molecule has 10 heteroatoms. The van der Waals surface area contributed by atoms with Crippen molar-refractivity contribution in [2.24, 2.45) is 0 Å². The summed E-state index contributed by atoms with van der Waals surface area (Å²) >= 11 is 0. The van der Waals surface area contributed by atoms with Crippen molar-refractivity contribution < 1.29 is 36.5 Å². The van der Waals surface area contributed by atoms with Crippen molar-refractivity contribution >= 4 is 19.7 Å². The number of rotatable bonds is 11. The van der Waals surface area contributed by atoms with Gasteiger partial charge in [0.1, 0.15) is 6.61 Å². The van der Waals surface area contributed by atoms with Crippen LogP contribution in [0.5, 0.6) is 0 Å². The summed E-state index contributed by atoms with van der Waals surface area (Å²) < 4.78 is 60.6. The lowest BCUT2D eigenvalue weighted by atomic mass is 10.2. The second-order valence-electron chi connectivity index (χ2n) is 6.64. The van der Waals surface area contributed by atoms with E-state index < -0.39 is 30.5 Å². The van der Waals surface area contributed by atoms with Crippen molar-refractivity contribution in [1.29, 1.82) is 0 Å². The highest BCUT2D eigenvalue weighted by Gasteiger charge is 2.56. The van der Waals surface area contributed by atoms with Crippen LogP contribution < -0.4 is 0 Å². The summed E-state index contributed by atoms with van der Waals surface area (Å²) in [5, 5.41) is 19.9. The van der Waals surface area contributed by atoms with Gasteiger partial charge in [-0.25, -0.2) is 16.8 Å². The van der Waals surface area contributed by atoms with Gasteiger partial charge >= 0.3 is 4.27 Å². The fraction of sp³-hybridized carbons (Fsp3) is 0.400. The molecule has 0 saturated carbocycles. The Morgan fingerprint density at radius 2 is 1.20 bits per heavy atom. The van der Waals surface area contributed by atoms with E-state index in [-0.39, 0.29) is 36.2 Å². The third-order valence-corrected chi connectivity index (χ3v) is 9.80. The molecular weight excluding hydrogens is 432 g/mol. The molecule has 0 aromatic heterocycles. The maximum Gasteiger partial charge on any atom is 0.300 e. The summed E-state index contributed by atoms with van der Waals surface area (Å²) in [7, 11) is -9.58. The van der Waals surface area contributed by atoms with E-state index in [9.17, 15) is 21.9 Å². The number of hydrogen-bond acceptors (Lipinski definition) is 8. The first kappa shape index (κ1) is 24.4. The van der Waals surface area contributed by atoms with Gasteiger partial charge in [0, 0.05) is 0 Å². The molecule has 0 aliphatic rings. The molecule has 0 saturated heterocycles. The summed E-state index contributed by atoms with van der Waals surface area (Å²) in [6, 6.07) is 11.6. The smallest absolute Gasteiger partial charge is 0.300 e. The Balaban J connectivity index is 2.53. The summed E-state index contributed by atoms with van der Waals surface area (Å²) in [6.07, 6.45) is 0. The predicted molar refractivity (Wildman–Crippen MR) is 110 cm³/mol. The first-order chi connectivity index (χ1) is 14.1. The van der Waals surface area contributed by atoms with Gasteiger partial charge in [0.15, 0.2) is 0 Å². The molecule has 2 N–H and O–H groups in total. The molecular formula is C20H26O8S2. The van der Waals surface area contributed by atoms with Crippen LogP contribution in [0.2, 0.25) is 0 Å². The minimum Gasteiger partial charge on any atom is -0.394 e. The molecule has 0 spiro atoms. The van der Waals surface area contributed by atoms with Crippen LogP contribution in [0.3, 0.4) is 0 Å². The molecule has 2 aromatic carbocycles. The van der Waals surface area contributed by atoms with Crippen LogP contribution in [-0.2, 0) is 29.1 Å². The fourth-order valence-corrected chi connectivity index (χ4v) is 7.20. The van der Waals surface area contributed by atoms with Crippen LogP contribution in [0.4, 0.5) is 0 Å². The molecule has 0 heterocycles. The summed E-state index contributed by atoms with van der Waals surface area (Å²) in [5.74, 6) is 0. The maximum atomic E-state index is 13.4. The third kappa shape index (κ3) is 4.74. The molecule has 0 atom stereocenters. The first-order valence-electron chi connectivity index (χ1n) is 9.19. The van der Waals surface area contributed by atoms with E-state index >= 15 is 0 Å². The highest BCUT2D eigenvalue weighted by molar-refractivity contribution is 8.10. The quantitative estimate of drug-likeness (QED) is 0.481. The van der Waals surface area contributed by atoms with Crippen LogP contribution in [0, 0.1) is 13.8 Å². The van der Waals surface area contributed by atoms with Crippen molar-refractivity contribution in [3.63, 3.8) is 0 Å². The van der Waals surface area contributed by atoms with Gasteiger partial charge in [-0.3, -0.25) is 0 Å². The van der Waals surface area contributed by atoms with Gasteiger partial charge in [-0.2, -0.15) is 0 Å². The molecule has 166 valence electrons. The average Bonchev–Trinajstić information content (AvgIpc) is 2.70. The Labute approximate surface area is 176 Å². The molecule has 0 aliphatic carbocycles. The molecule has 0 bridgehead atoms. The number of ether oxygens (including phenoxy) is 2. The molecule has 2 aromatic rings. The fourth-order valence-electron chi connectivity index (χ4n) is 2.84. The van der Waals surface area contributed by atoms with Crippen LogP contribution in [0.1, 0.15) is 11.1 Å². The van der Waals surface area contributed by atoms with E-state index in [4.69, 9.17) is 14.6 Å². The van der Waals surface area contributed by atoms with Gasteiger partial charge < -0.3 is 19.7 Å². The van der Waals surface area contributed by atoms with Crippen LogP contribution in [0.15, 0.2) is 58.3 Å². The monoisotopic (exact) mass is 458 g/mol. The van der Waals surface area contributed by atoms with E-state index in [0.29, 0.717) is 11.1 Å². The second-order valence-corrected chi connectivity index (χ2v) is 11.1. The SMILES string of the molecule is Cc1ccccc1S(=O)(=O)C(O)(COCCOCCO)S(=O)(=O)c1ccccc1C. The van der Waals surface area contributed by atoms with Gasteiger partial charge in [-0.05, 0) is 37.1 Å². The second kappa shape index (κ2) is 9.99. The summed E-state index contributed by atoms with van der Waals surface area (Å²) in [6.45, 7) is 1.68. The van der Waals surface area contributed by atoms with Gasteiger partial charge in [0.25, 0.3) is 0 Å². The third-order valence-electron chi connectivity index (χ3n) is 4.50. The zero-order valence-electron chi connectivity index (χ0n) is 16.8. The molecule has 0 fully saturated rings. The summed E-state index contributed by atoms with van der Waals surface area (Å²) in [5.41, 5.74) is 0.587. The van der Waals surface area contributed by atoms with Gasteiger partial charge in [-0.15, -0.1) is 0 Å². The molecule has 0 amide bonds. The number of aliphatic hydroxyl groups excluding tert-OH is 1. The Kier molecular flexibility index (Phi) is 8.14. The highest BCUT2D eigenvalue weighted by Crippen LogP contribution is 2.36. The minimum absolute atomic E-state index is 0.00847. The van der Waals surface area contributed by atoms with Crippen LogP contribution >= 0.6 is 0 Å². The van der Waals surface area contributed by atoms with Gasteiger partial charge in [-0.1, -0.05) is 36.4 Å². The largest absolute Gasteiger partial charge is 0.394 e. The molecule has 0 aliphatic heterocycles. The van der Waals surface area contributed by atoms with Crippen molar-refractivity contribution in [2.75, 3.05) is 33.0 Å². The minimum atomic E-state index is -4.79. The van der Waals surface area contributed by atoms with E-state index in [2.05, 4.69) is 0 Å².